The summed E-state index contributed by atoms with van der Waals surface area (Å²) < 4.78 is 5.57. The molecule has 2 fully saturated rings. The number of hydrogen-bond acceptors (Lipinski definition) is 3. The molecule has 2 rings (SSSR count). The van der Waals surface area contributed by atoms with Gasteiger partial charge in [0.2, 0.25) is 0 Å². The van der Waals surface area contributed by atoms with Crippen LogP contribution in [0.3, 0.4) is 0 Å². The first kappa shape index (κ1) is 16.3. The third-order valence-electron chi connectivity index (χ3n) is 5.42. The summed E-state index contributed by atoms with van der Waals surface area (Å²) in [6, 6.07) is 0.741. The Bertz CT molecular complexity index is 272. The minimum absolute atomic E-state index is 0.465. The van der Waals surface area contributed by atoms with Crippen LogP contribution in [0.2, 0.25) is 0 Å². The van der Waals surface area contributed by atoms with Crippen LogP contribution in [-0.4, -0.2) is 50.3 Å². The van der Waals surface area contributed by atoms with Crippen LogP contribution in [0.1, 0.15) is 52.4 Å². The van der Waals surface area contributed by atoms with Crippen molar-refractivity contribution in [1.82, 2.24) is 10.2 Å². The summed E-state index contributed by atoms with van der Waals surface area (Å²) in [4.78, 5) is 2.66. The SMILES string of the molecule is CCNC1CCC(CC)CC1CN1CCCC(OC)C1. The summed E-state index contributed by atoms with van der Waals surface area (Å²) >= 11 is 0. The van der Waals surface area contributed by atoms with Gasteiger partial charge < -0.3 is 15.0 Å². The Labute approximate surface area is 125 Å². The highest BCUT2D eigenvalue weighted by Gasteiger charge is 2.31. The first-order chi connectivity index (χ1) is 9.76. The largest absolute Gasteiger partial charge is 0.380 e. The van der Waals surface area contributed by atoms with Crippen molar-refractivity contribution in [1.29, 1.82) is 0 Å². The van der Waals surface area contributed by atoms with E-state index in [0.717, 1.165) is 31.0 Å². The van der Waals surface area contributed by atoms with Crippen LogP contribution in [0, 0.1) is 11.8 Å². The molecule has 1 heterocycles. The summed E-state index contributed by atoms with van der Waals surface area (Å²) in [5.74, 6) is 1.79. The van der Waals surface area contributed by atoms with Crippen LogP contribution in [0.25, 0.3) is 0 Å². The van der Waals surface area contributed by atoms with Gasteiger partial charge >= 0.3 is 0 Å². The van der Waals surface area contributed by atoms with Gasteiger partial charge in [0.05, 0.1) is 6.10 Å². The van der Waals surface area contributed by atoms with Crippen molar-refractivity contribution in [3.8, 4) is 0 Å². The fraction of sp³-hybridized carbons (Fsp3) is 1.00. The summed E-state index contributed by atoms with van der Waals surface area (Å²) in [6.07, 6.45) is 8.58. The van der Waals surface area contributed by atoms with Gasteiger partial charge in [-0.25, -0.2) is 0 Å². The summed E-state index contributed by atoms with van der Waals surface area (Å²) in [7, 11) is 1.86. The van der Waals surface area contributed by atoms with E-state index in [-0.39, 0.29) is 0 Å². The molecule has 1 saturated heterocycles. The van der Waals surface area contributed by atoms with E-state index in [2.05, 4.69) is 24.1 Å². The highest BCUT2D eigenvalue weighted by atomic mass is 16.5. The Morgan fingerprint density at radius 3 is 2.75 bits per heavy atom. The Kier molecular flexibility index (Phi) is 6.79. The summed E-state index contributed by atoms with van der Waals surface area (Å²) in [6.45, 7) is 9.39. The second kappa shape index (κ2) is 8.35. The minimum atomic E-state index is 0.465. The monoisotopic (exact) mass is 282 g/mol. The van der Waals surface area contributed by atoms with Crippen molar-refractivity contribution < 1.29 is 4.74 Å². The molecule has 4 unspecified atom stereocenters. The smallest absolute Gasteiger partial charge is 0.0698 e. The Balaban J connectivity index is 1.88. The predicted octanol–water partition coefficient (Wildman–Crippen LogP) is 2.90. The quantitative estimate of drug-likeness (QED) is 0.811. The lowest BCUT2D eigenvalue weighted by atomic mass is 9.76. The van der Waals surface area contributed by atoms with Gasteiger partial charge in [0, 0.05) is 26.2 Å². The van der Waals surface area contributed by atoms with Gasteiger partial charge in [-0.3, -0.25) is 0 Å². The van der Waals surface area contributed by atoms with Crippen molar-refractivity contribution in [3.63, 3.8) is 0 Å². The standard InChI is InChI=1S/C17H34N2O/c1-4-14-8-9-17(18-5-2)15(11-14)12-19-10-6-7-16(13-19)20-3/h14-18H,4-13H2,1-3H3. The fourth-order valence-corrected chi connectivity index (χ4v) is 4.17. The molecule has 4 atom stereocenters. The average molecular weight is 282 g/mol. The molecule has 20 heavy (non-hydrogen) atoms. The van der Waals surface area contributed by atoms with E-state index in [1.54, 1.807) is 0 Å². The molecule has 1 aliphatic carbocycles. The van der Waals surface area contributed by atoms with Crippen LogP contribution in [0.5, 0.6) is 0 Å². The van der Waals surface area contributed by atoms with Crippen LogP contribution in [0.15, 0.2) is 0 Å². The van der Waals surface area contributed by atoms with E-state index in [1.165, 1.54) is 51.6 Å². The van der Waals surface area contributed by atoms with E-state index >= 15 is 0 Å². The second-order valence-corrected chi connectivity index (χ2v) is 6.77. The molecule has 0 aromatic rings. The molecule has 0 amide bonds. The molecular weight excluding hydrogens is 248 g/mol. The lowest BCUT2D eigenvalue weighted by Gasteiger charge is -2.41. The maximum absolute atomic E-state index is 5.57. The zero-order chi connectivity index (χ0) is 14.4. The van der Waals surface area contributed by atoms with Gasteiger partial charge in [0.1, 0.15) is 0 Å². The Morgan fingerprint density at radius 1 is 1.20 bits per heavy atom. The average Bonchev–Trinajstić information content (AvgIpc) is 2.49. The van der Waals surface area contributed by atoms with Crippen LogP contribution in [-0.2, 0) is 4.74 Å². The van der Waals surface area contributed by atoms with E-state index in [4.69, 9.17) is 4.74 Å². The second-order valence-electron chi connectivity index (χ2n) is 6.77. The molecule has 0 bridgehead atoms. The fourth-order valence-electron chi connectivity index (χ4n) is 4.17. The van der Waals surface area contributed by atoms with E-state index < -0.39 is 0 Å². The van der Waals surface area contributed by atoms with Gasteiger partial charge in [-0.2, -0.15) is 0 Å². The zero-order valence-corrected chi connectivity index (χ0v) is 13.7. The van der Waals surface area contributed by atoms with Crippen LogP contribution < -0.4 is 5.32 Å². The number of methoxy groups -OCH3 is 1. The third kappa shape index (κ3) is 4.44. The van der Waals surface area contributed by atoms with Crippen molar-refractivity contribution in [2.75, 3.05) is 33.3 Å². The molecule has 0 spiro atoms. The maximum Gasteiger partial charge on any atom is 0.0698 e. The third-order valence-corrected chi connectivity index (χ3v) is 5.42. The molecule has 1 aliphatic heterocycles. The maximum atomic E-state index is 5.57. The van der Waals surface area contributed by atoms with Gasteiger partial charge in [0.25, 0.3) is 0 Å². The number of hydrogen-bond donors (Lipinski definition) is 1. The molecule has 0 aromatic heterocycles. The Morgan fingerprint density at radius 2 is 2.05 bits per heavy atom. The van der Waals surface area contributed by atoms with Gasteiger partial charge in [-0.05, 0) is 57.0 Å². The van der Waals surface area contributed by atoms with E-state index in [9.17, 15) is 0 Å². The molecule has 2 aliphatic rings. The van der Waals surface area contributed by atoms with Crippen LogP contribution in [0.4, 0.5) is 0 Å². The molecule has 1 saturated carbocycles. The topological polar surface area (TPSA) is 24.5 Å². The summed E-state index contributed by atoms with van der Waals surface area (Å²) in [5, 5.41) is 3.74. The van der Waals surface area contributed by atoms with Gasteiger partial charge in [-0.15, -0.1) is 0 Å². The lowest BCUT2D eigenvalue weighted by molar-refractivity contribution is 0.0184. The molecule has 1 N–H and O–H groups in total. The first-order valence-electron chi connectivity index (χ1n) is 8.75. The summed E-state index contributed by atoms with van der Waals surface area (Å²) in [5.41, 5.74) is 0. The molecule has 118 valence electrons. The molecule has 0 aromatic carbocycles. The van der Waals surface area contributed by atoms with Crippen molar-refractivity contribution in [3.05, 3.63) is 0 Å². The van der Waals surface area contributed by atoms with Gasteiger partial charge in [0.15, 0.2) is 0 Å². The number of nitrogens with one attached hydrogen (secondary N) is 1. The number of ether oxygens (including phenoxy) is 1. The highest BCUT2D eigenvalue weighted by Crippen LogP contribution is 2.32. The van der Waals surface area contributed by atoms with E-state index in [0.29, 0.717) is 6.10 Å². The first-order valence-corrected chi connectivity index (χ1v) is 8.75. The van der Waals surface area contributed by atoms with Crippen LogP contribution >= 0.6 is 0 Å². The molecule has 3 heteroatoms. The predicted molar refractivity (Wildman–Crippen MR) is 85.1 cm³/mol. The number of likely N-dealkylation sites (tertiary alicyclic amines) is 1. The van der Waals surface area contributed by atoms with E-state index in [1.807, 2.05) is 7.11 Å². The number of nitrogens with zero attached hydrogens (tertiary/aromatic N) is 1. The van der Waals surface area contributed by atoms with Crippen molar-refractivity contribution in [2.24, 2.45) is 11.8 Å². The van der Waals surface area contributed by atoms with Crippen molar-refractivity contribution >= 4 is 0 Å². The number of piperidine rings is 1. The van der Waals surface area contributed by atoms with Crippen molar-refractivity contribution in [2.45, 2.75) is 64.5 Å². The molecule has 0 radical (unpaired) electrons. The minimum Gasteiger partial charge on any atom is -0.380 e. The molecular formula is C17H34N2O. The highest BCUT2D eigenvalue weighted by molar-refractivity contribution is 4.87. The normalized spacial score (nSPS) is 36.1. The molecule has 3 nitrogen and oxygen atoms in total. The lowest BCUT2D eigenvalue weighted by Crippen LogP contribution is -2.48. The zero-order valence-electron chi connectivity index (χ0n) is 13.7. The van der Waals surface area contributed by atoms with Gasteiger partial charge in [-0.1, -0.05) is 20.3 Å². The Hall–Kier alpha value is -0.120. The number of rotatable bonds is 6.